The maximum absolute atomic E-state index is 12.8. The standard InChI is InChI=1S/C14H13FN4O/c15-10-3-1-9(2-4-10)5-6-19-8-17-13-11(14(19)20)7-12(16)18-13/h1-4,7-8,18H,5-6,16H2. The van der Waals surface area contributed by atoms with E-state index in [1.807, 2.05) is 0 Å². The number of aromatic amines is 1. The van der Waals surface area contributed by atoms with Gasteiger partial charge in [0.25, 0.3) is 5.56 Å². The van der Waals surface area contributed by atoms with Crippen molar-refractivity contribution in [3.05, 3.63) is 58.4 Å². The van der Waals surface area contributed by atoms with Gasteiger partial charge in [0, 0.05) is 6.54 Å². The molecule has 3 N–H and O–H groups in total. The molecule has 0 saturated carbocycles. The third-order valence-electron chi connectivity index (χ3n) is 3.19. The summed E-state index contributed by atoms with van der Waals surface area (Å²) in [6.45, 7) is 0.485. The van der Waals surface area contributed by atoms with E-state index in [1.54, 1.807) is 18.2 Å². The van der Waals surface area contributed by atoms with Crippen LogP contribution in [0, 0.1) is 5.82 Å². The number of nitrogens with two attached hydrogens (primary N) is 1. The molecule has 5 nitrogen and oxygen atoms in total. The first kappa shape index (κ1) is 12.4. The molecule has 2 aromatic heterocycles. The lowest BCUT2D eigenvalue weighted by atomic mass is 10.1. The molecule has 0 saturated heterocycles. The Labute approximate surface area is 113 Å². The summed E-state index contributed by atoms with van der Waals surface area (Å²) in [6.07, 6.45) is 2.12. The minimum atomic E-state index is -0.267. The predicted octanol–water partition coefficient (Wildman–Crippen LogP) is 1.69. The van der Waals surface area contributed by atoms with Gasteiger partial charge in [-0.3, -0.25) is 9.36 Å². The first-order valence-corrected chi connectivity index (χ1v) is 6.21. The molecular formula is C14H13FN4O. The monoisotopic (exact) mass is 272 g/mol. The first-order chi connectivity index (χ1) is 9.63. The van der Waals surface area contributed by atoms with Crippen molar-refractivity contribution >= 4 is 16.9 Å². The van der Waals surface area contributed by atoms with Gasteiger partial charge in [0.2, 0.25) is 0 Å². The summed E-state index contributed by atoms with van der Waals surface area (Å²) in [5.41, 5.74) is 6.93. The van der Waals surface area contributed by atoms with Crippen molar-refractivity contribution in [3.8, 4) is 0 Å². The average Bonchev–Trinajstić information content (AvgIpc) is 2.81. The van der Waals surface area contributed by atoms with Gasteiger partial charge in [0.15, 0.2) is 0 Å². The highest BCUT2D eigenvalue weighted by Crippen LogP contribution is 2.10. The summed E-state index contributed by atoms with van der Waals surface area (Å²) in [4.78, 5) is 19.2. The molecule has 3 aromatic rings. The molecule has 0 fully saturated rings. The van der Waals surface area contributed by atoms with Crippen LogP contribution in [0.3, 0.4) is 0 Å². The second-order valence-corrected chi connectivity index (χ2v) is 4.61. The van der Waals surface area contributed by atoms with Crippen molar-refractivity contribution in [2.75, 3.05) is 5.73 Å². The lowest BCUT2D eigenvalue weighted by Crippen LogP contribution is -2.21. The Morgan fingerprint density at radius 1 is 1.30 bits per heavy atom. The number of anilines is 1. The minimum absolute atomic E-state index is 0.134. The van der Waals surface area contributed by atoms with Gasteiger partial charge < -0.3 is 10.7 Å². The van der Waals surface area contributed by atoms with Crippen LogP contribution in [0.4, 0.5) is 10.2 Å². The SMILES string of the molecule is Nc1cc2c(=O)n(CCc3ccc(F)cc3)cnc2[nH]1. The fourth-order valence-corrected chi connectivity index (χ4v) is 2.12. The van der Waals surface area contributed by atoms with Gasteiger partial charge >= 0.3 is 0 Å². The molecule has 0 spiro atoms. The van der Waals surface area contributed by atoms with Crippen LogP contribution in [0.15, 0.2) is 41.5 Å². The number of nitrogens with zero attached hydrogens (tertiary/aromatic N) is 2. The number of H-pyrrole nitrogens is 1. The molecule has 0 aliphatic heterocycles. The summed E-state index contributed by atoms with van der Waals surface area (Å²) in [5, 5.41) is 0.476. The van der Waals surface area contributed by atoms with Crippen molar-refractivity contribution in [2.45, 2.75) is 13.0 Å². The van der Waals surface area contributed by atoms with Gasteiger partial charge in [-0.25, -0.2) is 9.37 Å². The van der Waals surface area contributed by atoms with Gasteiger partial charge in [-0.05, 0) is 30.2 Å². The number of benzene rings is 1. The number of fused-ring (bicyclic) bond motifs is 1. The zero-order valence-electron chi connectivity index (χ0n) is 10.6. The number of halogens is 1. The third kappa shape index (κ3) is 2.27. The van der Waals surface area contributed by atoms with Crippen molar-refractivity contribution < 1.29 is 4.39 Å². The van der Waals surface area contributed by atoms with Crippen LogP contribution in [-0.2, 0) is 13.0 Å². The average molecular weight is 272 g/mol. The normalized spacial score (nSPS) is 11.1. The van der Waals surface area contributed by atoms with Crippen molar-refractivity contribution in [2.24, 2.45) is 0 Å². The zero-order valence-corrected chi connectivity index (χ0v) is 10.6. The molecule has 102 valence electrons. The van der Waals surface area contributed by atoms with E-state index in [2.05, 4.69) is 9.97 Å². The highest BCUT2D eigenvalue weighted by Gasteiger charge is 2.06. The Morgan fingerprint density at radius 3 is 2.80 bits per heavy atom. The number of aryl methyl sites for hydroxylation is 2. The molecule has 0 aliphatic rings. The van der Waals surface area contributed by atoms with E-state index in [0.717, 1.165) is 5.56 Å². The van der Waals surface area contributed by atoms with E-state index >= 15 is 0 Å². The Kier molecular flexibility index (Phi) is 2.98. The molecule has 1 aromatic carbocycles. The van der Waals surface area contributed by atoms with Crippen LogP contribution in [-0.4, -0.2) is 14.5 Å². The molecular weight excluding hydrogens is 259 g/mol. The number of hydrogen-bond acceptors (Lipinski definition) is 3. The van der Waals surface area contributed by atoms with Crippen LogP contribution >= 0.6 is 0 Å². The number of nitrogen functional groups attached to an aromatic ring is 1. The highest BCUT2D eigenvalue weighted by molar-refractivity contribution is 5.78. The van der Waals surface area contributed by atoms with Crippen LogP contribution in [0.2, 0.25) is 0 Å². The highest BCUT2D eigenvalue weighted by atomic mass is 19.1. The Hall–Kier alpha value is -2.63. The van der Waals surface area contributed by atoms with Crippen molar-refractivity contribution in [1.82, 2.24) is 14.5 Å². The molecule has 0 bridgehead atoms. The van der Waals surface area contributed by atoms with E-state index < -0.39 is 0 Å². The van der Waals surface area contributed by atoms with Gasteiger partial charge in [0.1, 0.15) is 17.3 Å². The number of hydrogen-bond donors (Lipinski definition) is 2. The fourth-order valence-electron chi connectivity index (χ4n) is 2.12. The molecule has 0 radical (unpaired) electrons. The topological polar surface area (TPSA) is 76.7 Å². The number of rotatable bonds is 3. The minimum Gasteiger partial charge on any atom is -0.385 e. The first-order valence-electron chi connectivity index (χ1n) is 6.21. The molecule has 0 aliphatic carbocycles. The lowest BCUT2D eigenvalue weighted by Gasteiger charge is -2.05. The molecule has 0 unspecified atom stereocenters. The summed E-state index contributed by atoms with van der Waals surface area (Å²) in [6, 6.07) is 7.82. The number of nitrogens with one attached hydrogen (secondary N) is 1. The van der Waals surface area contributed by atoms with Gasteiger partial charge in [-0.2, -0.15) is 0 Å². The summed E-state index contributed by atoms with van der Waals surface area (Å²) in [5.74, 6) is 0.151. The van der Waals surface area contributed by atoms with Crippen molar-refractivity contribution in [1.29, 1.82) is 0 Å². The third-order valence-corrected chi connectivity index (χ3v) is 3.19. The maximum Gasteiger partial charge on any atom is 0.262 e. The summed E-state index contributed by atoms with van der Waals surface area (Å²) in [7, 11) is 0. The Morgan fingerprint density at radius 2 is 2.05 bits per heavy atom. The molecule has 20 heavy (non-hydrogen) atoms. The van der Waals surface area contributed by atoms with Gasteiger partial charge in [-0.15, -0.1) is 0 Å². The van der Waals surface area contributed by atoms with E-state index in [9.17, 15) is 9.18 Å². The second-order valence-electron chi connectivity index (χ2n) is 4.61. The molecule has 3 rings (SSSR count). The maximum atomic E-state index is 12.8. The molecule has 2 heterocycles. The van der Waals surface area contributed by atoms with E-state index in [1.165, 1.54) is 23.0 Å². The molecule has 0 atom stereocenters. The quantitative estimate of drug-likeness (QED) is 0.761. The summed E-state index contributed by atoms with van der Waals surface area (Å²) >= 11 is 0. The lowest BCUT2D eigenvalue weighted by molar-refractivity contribution is 0.624. The molecule has 6 heteroatoms. The van der Waals surface area contributed by atoms with E-state index in [4.69, 9.17) is 5.73 Å². The van der Waals surface area contributed by atoms with Crippen LogP contribution in [0.25, 0.3) is 11.0 Å². The van der Waals surface area contributed by atoms with Crippen LogP contribution in [0.1, 0.15) is 5.56 Å². The Balaban J connectivity index is 1.85. The number of aromatic nitrogens is 3. The fraction of sp³-hybridized carbons (Fsp3) is 0.143. The van der Waals surface area contributed by atoms with Crippen molar-refractivity contribution in [3.63, 3.8) is 0 Å². The van der Waals surface area contributed by atoms with Crippen LogP contribution in [0.5, 0.6) is 0 Å². The smallest absolute Gasteiger partial charge is 0.262 e. The largest absolute Gasteiger partial charge is 0.385 e. The second kappa shape index (κ2) is 4.80. The van der Waals surface area contributed by atoms with E-state index in [-0.39, 0.29) is 11.4 Å². The Bertz CT molecular complexity index is 804. The molecule has 0 amide bonds. The van der Waals surface area contributed by atoms with Gasteiger partial charge in [0.05, 0.1) is 11.7 Å². The van der Waals surface area contributed by atoms with Crippen LogP contribution < -0.4 is 11.3 Å². The van der Waals surface area contributed by atoms with Gasteiger partial charge in [-0.1, -0.05) is 12.1 Å². The summed E-state index contributed by atoms with van der Waals surface area (Å²) < 4.78 is 14.3. The predicted molar refractivity (Wildman–Crippen MR) is 74.9 cm³/mol. The van der Waals surface area contributed by atoms with E-state index in [0.29, 0.717) is 29.8 Å². The zero-order chi connectivity index (χ0) is 14.1.